The summed E-state index contributed by atoms with van der Waals surface area (Å²) in [6.45, 7) is 0.869. The van der Waals surface area contributed by atoms with Crippen LogP contribution in [0.4, 0.5) is 5.69 Å². The maximum Gasteiger partial charge on any atom is 0.170 e. The van der Waals surface area contributed by atoms with E-state index >= 15 is 0 Å². The predicted octanol–water partition coefficient (Wildman–Crippen LogP) is 4.95. The molecule has 2 nitrogen and oxygen atoms in total. The largest absolute Gasteiger partial charge is 0.362 e. The highest BCUT2D eigenvalue weighted by Gasteiger charge is 1.98. The molecule has 0 aromatic heterocycles. The molecule has 0 aliphatic carbocycles. The summed E-state index contributed by atoms with van der Waals surface area (Å²) in [5.74, 6) is 2.17. The highest BCUT2D eigenvalue weighted by atomic mass is 35.5. The third kappa shape index (κ3) is 6.69. The molecule has 0 fully saturated rings. The Morgan fingerprint density at radius 2 is 1.91 bits per heavy atom. The average Bonchev–Trinajstić information content (AvgIpc) is 2.52. The number of nitrogens with one attached hydrogen (secondary N) is 2. The molecule has 2 rings (SSSR count). The normalized spacial score (nSPS) is 10.2. The first-order valence-corrected chi connectivity index (χ1v) is 9.10. The Morgan fingerprint density at radius 1 is 1.09 bits per heavy atom. The number of thiocarbonyl (C=S) groups is 1. The van der Waals surface area contributed by atoms with Crippen LogP contribution in [-0.4, -0.2) is 17.4 Å². The van der Waals surface area contributed by atoms with E-state index in [1.165, 1.54) is 5.56 Å². The van der Waals surface area contributed by atoms with Crippen LogP contribution in [0.1, 0.15) is 12.0 Å². The van der Waals surface area contributed by atoms with E-state index in [4.69, 9.17) is 23.8 Å². The molecule has 0 heterocycles. The zero-order valence-electron chi connectivity index (χ0n) is 12.2. The second kappa shape index (κ2) is 9.72. The predicted molar refractivity (Wildman–Crippen MR) is 103 cm³/mol. The van der Waals surface area contributed by atoms with E-state index in [1.807, 2.05) is 42.1 Å². The van der Waals surface area contributed by atoms with Gasteiger partial charge in [0.1, 0.15) is 0 Å². The van der Waals surface area contributed by atoms with Gasteiger partial charge in [-0.1, -0.05) is 48.0 Å². The zero-order valence-corrected chi connectivity index (χ0v) is 14.6. The zero-order chi connectivity index (χ0) is 15.6. The summed E-state index contributed by atoms with van der Waals surface area (Å²) in [6.07, 6.45) is 1.08. The quantitative estimate of drug-likeness (QED) is 0.545. The minimum Gasteiger partial charge on any atom is -0.362 e. The molecular weight excluding hydrogens is 332 g/mol. The van der Waals surface area contributed by atoms with Gasteiger partial charge in [-0.25, -0.2) is 0 Å². The molecule has 22 heavy (non-hydrogen) atoms. The SMILES string of the molecule is S=C(NCCCSCc1ccccc1)Nc1cccc(Cl)c1. The van der Waals surface area contributed by atoms with Gasteiger partial charge in [-0.2, -0.15) is 11.8 Å². The van der Waals surface area contributed by atoms with Crippen LogP contribution >= 0.6 is 35.6 Å². The Hall–Kier alpha value is -1.23. The number of benzene rings is 2. The fourth-order valence-corrected chi connectivity index (χ4v) is 3.21. The van der Waals surface area contributed by atoms with Crippen LogP contribution in [0.3, 0.4) is 0 Å². The van der Waals surface area contributed by atoms with E-state index < -0.39 is 0 Å². The molecule has 0 saturated carbocycles. The van der Waals surface area contributed by atoms with Crippen LogP contribution in [0.5, 0.6) is 0 Å². The Morgan fingerprint density at radius 3 is 2.68 bits per heavy atom. The van der Waals surface area contributed by atoms with Crippen molar-refractivity contribution in [1.82, 2.24) is 5.32 Å². The van der Waals surface area contributed by atoms with Gasteiger partial charge in [0, 0.05) is 23.0 Å². The third-order valence-electron chi connectivity index (χ3n) is 2.95. The molecule has 0 spiro atoms. The van der Waals surface area contributed by atoms with E-state index in [0.717, 1.165) is 30.2 Å². The Labute approximate surface area is 146 Å². The van der Waals surface area contributed by atoms with Crippen molar-refractivity contribution in [2.75, 3.05) is 17.6 Å². The molecule has 0 aliphatic heterocycles. The summed E-state index contributed by atoms with van der Waals surface area (Å²) < 4.78 is 0. The van der Waals surface area contributed by atoms with Crippen molar-refractivity contribution in [3.8, 4) is 0 Å². The van der Waals surface area contributed by atoms with Crippen LogP contribution in [-0.2, 0) is 5.75 Å². The second-order valence-electron chi connectivity index (χ2n) is 4.78. The third-order valence-corrected chi connectivity index (χ3v) is 4.54. The van der Waals surface area contributed by atoms with E-state index in [0.29, 0.717) is 10.1 Å². The van der Waals surface area contributed by atoms with E-state index in [9.17, 15) is 0 Å². The van der Waals surface area contributed by atoms with Crippen molar-refractivity contribution in [3.05, 3.63) is 65.2 Å². The number of halogens is 1. The highest BCUT2D eigenvalue weighted by Crippen LogP contribution is 2.15. The standard InChI is InChI=1S/C17H19ClN2S2/c18-15-8-4-9-16(12-15)20-17(21)19-10-5-11-22-13-14-6-2-1-3-7-14/h1-4,6-9,12H,5,10-11,13H2,(H2,19,20,21). The van der Waals surface area contributed by atoms with Crippen molar-refractivity contribution >= 4 is 46.4 Å². The molecule has 0 aliphatic rings. The van der Waals surface area contributed by atoms with Gasteiger partial charge >= 0.3 is 0 Å². The Balaban J connectivity index is 1.56. The maximum atomic E-state index is 5.93. The Kier molecular flexibility index (Phi) is 7.57. The monoisotopic (exact) mass is 350 g/mol. The van der Waals surface area contributed by atoms with Gasteiger partial charge in [0.2, 0.25) is 0 Å². The summed E-state index contributed by atoms with van der Waals surface area (Å²) in [6, 6.07) is 18.1. The van der Waals surface area contributed by atoms with Crippen molar-refractivity contribution in [2.24, 2.45) is 0 Å². The minimum absolute atomic E-state index is 0.635. The lowest BCUT2D eigenvalue weighted by Gasteiger charge is -2.10. The van der Waals surface area contributed by atoms with Crippen LogP contribution < -0.4 is 10.6 Å². The van der Waals surface area contributed by atoms with Crippen LogP contribution in [0.15, 0.2) is 54.6 Å². The number of rotatable bonds is 7. The number of thioether (sulfide) groups is 1. The molecule has 0 saturated heterocycles. The van der Waals surface area contributed by atoms with Gasteiger partial charge in [-0.15, -0.1) is 0 Å². The molecule has 0 atom stereocenters. The lowest BCUT2D eigenvalue weighted by Crippen LogP contribution is -2.29. The topological polar surface area (TPSA) is 24.1 Å². The van der Waals surface area contributed by atoms with Crippen LogP contribution in [0, 0.1) is 0 Å². The maximum absolute atomic E-state index is 5.93. The number of hydrogen-bond acceptors (Lipinski definition) is 2. The van der Waals surface area contributed by atoms with Gasteiger partial charge in [-0.05, 0) is 48.2 Å². The number of anilines is 1. The second-order valence-corrected chi connectivity index (χ2v) is 6.73. The van der Waals surface area contributed by atoms with Crippen molar-refractivity contribution in [3.63, 3.8) is 0 Å². The molecule has 2 aromatic carbocycles. The fraction of sp³-hybridized carbons (Fsp3) is 0.235. The molecule has 5 heteroatoms. The summed E-state index contributed by atoms with van der Waals surface area (Å²) in [4.78, 5) is 0. The summed E-state index contributed by atoms with van der Waals surface area (Å²) in [5.41, 5.74) is 2.28. The van der Waals surface area contributed by atoms with E-state index in [-0.39, 0.29) is 0 Å². The summed E-state index contributed by atoms with van der Waals surface area (Å²) in [7, 11) is 0. The lowest BCUT2D eigenvalue weighted by molar-refractivity contribution is 0.854. The molecule has 0 radical (unpaired) electrons. The molecule has 0 amide bonds. The van der Waals surface area contributed by atoms with Crippen molar-refractivity contribution in [1.29, 1.82) is 0 Å². The van der Waals surface area contributed by atoms with Crippen molar-refractivity contribution in [2.45, 2.75) is 12.2 Å². The lowest BCUT2D eigenvalue weighted by atomic mass is 10.2. The number of hydrogen-bond donors (Lipinski definition) is 2. The highest BCUT2D eigenvalue weighted by molar-refractivity contribution is 7.98. The first-order chi connectivity index (χ1) is 10.7. The molecule has 2 aromatic rings. The van der Waals surface area contributed by atoms with Crippen molar-refractivity contribution < 1.29 is 0 Å². The van der Waals surface area contributed by atoms with E-state index in [2.05, 4.69) is 34.9 Å². The molecular formula is C17H19ClN2S2. The minimum atomic E-state index is 0.635. The summed E-state index contributed by atoms with van der Waals surface area (Å²) >= 11 is 13.1. The smallest absolute Gasteiger partial charge is 0.170 e. The summed E-state index contributed by atoms with van der Waals surface area (Å²) in [5, 5.41) is 7.68. The van der Waals surface area contributed by atoms with E-state index in [1.54, 1.807) is 0 Å². The molecule has 0 unspecified atom stereocenters. The first-order valence-electron chi connectivity index (χ1n) is 7.16. The molecule has 0 bridgehead atoms. The van der Waals surface area contributed by atoms with Gasteiger partial charge < -0.3 is 10.6 Å². The van der Waals surface area contributed by atoms with Crippen LogP contribution in [0.2, 0.25) is 5.02 Å². The van der Waals surface area contributed by atoms with Gasteiger partial charge in [0.15, 0.2) is 5.11 Å². The molecule has 2 N–H and O–H groups in total. The van der Waals surface area contributed by atoms with Gasteiger partial charge in [-0.3, -0.25) is 0 Å². The molecule has 116 valence electrons. The fourth-order valence-electron chi connectivity index (χ4n) is 1.88. The average molecular weight is 351 g/mol. The van der Waals surface area contributed by atoms with Gasteiger partial charge in [0.05, 0.1) is 0 Å². The Bertz CT molecular complexity index is 590. The first kappa shape index (κ1) is 17.1. The van der Waals surface area contributed by atoms with Crippen LogP contribution in [0.25, 0.3) is 0 Å². The van der Waals surface area contributed by atoms with Gasteiger partial charge in [0.25, 0.3) is 0 Å².